The van der Waals surface area contributed by atoms with Crippen LogP contribution >= 0.6 is 39.0 Å². The fraction of sp³-hybridized carbons (Fsp3) is 0.600. The Morgan fingerprint density at radius 1 is 1.67 bits per heavy atom. The molecule has 2 nitrogen and oxygen atoms in total. The van der Waals surface area contributed by atoms with E-state index in [0.717, 1.165) is 21.8 Å². The molecule has 86 valence electrons. The number of thioether (sulfide) groups is 1. The third-order valence-corrected chi connectivity index (χ3v) is 4.71. The number of rotatable bonds is 6. The maximum atomic E-state index is 5.22. The van der Waals surface area contributed by atoms with Crippen molar-refractivity contribution in [3.63, 3.8) is 0 Å². The number of nitrogens with one attached hydrogen (secondary N) is 1. The summed E-state index contributed by atoms with van der Waals surface area (Å²) < 4.78 is 6.27. The van der Waals surface area contributed by atoms with E-state index in [1.807, 2.05) is 11.8 Å². The first-order chi connectivity index (χ1) is 7.17. The molecule has 5 heteroatoms. The minimum absolute atomic E-state index is 0.548. The Hall–Kier alpha value is 0.290. The van der Waals surface area contributed by atoms with Crippen LogP contribution in [0.2, 0.25) is 0 Å². The van der Waals surface area contributed by atoms with Crippen LogP contribution < -0.4 is 10.1 Å². The molecule has 15 heavy (non-hydrogen) atoms. The molecule has 0 aromatic carbocycles. The van der Waals surface area contributed by atoms with Crippen molar-refractivity contribution < 1.29 is 4.74 Å². The van der Waals surface area contributed by atoms with Crippen LogP contribution in [0.3, 0.4) is 0 Å². The van der Waals surface area contributed by atoms with Crippen LogP contribution in [0.4, 0.5) is 0 Å². The Morgan fingerprint density at radius 3 is 2.93 bits per heavy atom. The highest BCUT2D eigenvalue weighted by Crippen LogP contribution is 2.34. The molecule has 1 N–H and O–H groups in total. The summed E-state index contributed by atoms with van der Waals surface area (Å²) in [7, 11) is 1.70. The van der Waals surface area contributed by atoms with Gasteiger partial charge in [-0.25, -0.2) is 0 Å². The summed E-state index contributed by atoms with van der Waals surface area (Å²) in [6, 6.07) is 2.66. The highest BCUT2D eigenvalue weighted by atomic mass is 79.9. The topological polar surface area (TPSA) is 21.3 Å². The lowest BCUT2D eigenvalue weighted by atomic mass is 10.3. The van der Waals surface area contributed by atoms with Gasteiger partial charge in [0.05, 0.1) is 11.6 Å². The predicted octanol–water partition coefficient (Wildman–Crippen LogP) is 3.36. The van der Waals surface area contributed by atoms with Crippen LogP contribution in [-0.4, -0.2) is 25.2 Å². The van der Waals surface area contributed by atoms with Crippen molar-refractivity contribution in [1.29, 1.82) is 0 Å². The number of thiophene rings is 1. The lowest BCUT2D eigenvalue weighted by molar-refractivity contribution is 0.425. The first-order valence-electron chi connectivity index (χ1n) is 4.72. The molecule has 1 aromatic rings. The molecule has 0 aliphatic heterocycles. The number of halogens is 1. The van der Waals surface area contributed by atoms with E-state index in [1.54, 1.807) is 18.4 Å². The maximum absolute atomic E-state index is 5.22. The van der Waals surface area contributed by atoms with E-state index in [4.69, 9.17) is 4.74 Å². The van der Waals surface area contributed by atoms with E-state index in [-0.39, 0.29) is 0 Å². The fourth-order valence-electron chi connectivity index (χ4n) is 1.21. The SMILES string of the molecule is COc1sc(CNC(C)CSC)cc1Br. The van der Waals surface area contributed by atoms with E-state index in [1.165, 1.54) is 4.88 Å². The minimum atomic E-state index is 0.548. The Balaban J connectivity index is 2.43. The van der Waals surface area contributed by atoms with Crippen LogP contribution in [0.5, 0.6) is 5.06 Å². The number of methoxy groups -OCH3 is 1. The summed E-state index contributed by atoms with van der Waals surface area (Å²) in [5, 5.41) is 4.43. The van der Waals surface area contributed by atoms with Gasteiger partial charge in [0.15, 0.2) is 5.06 Å². The van der Waals surface area contributed by atoms with Crippen molar-refractivity contribution in [2.75, 3.05) is 19.1 Å². The highest BCUT2D eigenvalue weighted by molar-refractivity contribution is 9.10. The number of hydrogen-bond acceptors (Lipinski definition) is 4. The lowest BCUT2D eigenvalue weighted by Gasteiger charge is -2.10. The summed E-state index contributed by atoms with van der Waals surface area (Å²) in [5.74, 6) is 1.14. The van der Waals surface area contributed by atoms with Gasteiger partial charge in [-0.1, -0.05) is 0 Å². The van der Waals surface area contributed by atoms with Gasteiger partial charge in [-0.05, 0) is 35.2 Å². The molecule has 0 fully saturated rings. The van der Waals surface area contributed by atoms with Gasteiger partial charge in [0.1, 0.15) is 0 Å². The van der Waals surface area contributed by atoms with Crippen LogP contribution in [0.15, 0.2) is 10.5 Å². The van der Waals surface area contributed by atoms with Gasteiger partial charge < -0.3 is 10.1 Å². The Kier molecular flexibility index (Phi) is 6.04. The van der Waals surface area contributed by atoms with E-state index in [2.05, 4.69) is 40.5 Å². The normalized spacial score (nSPS) is 12.8. The smallest absolute Gasteiger partial charge is 0.188 e. The molecule has 0 saturated carbocycles. The molecular formula is C10H16BrNOS2. The average molecular weight is 310 g/mol. The zero-order valence-corrected chi connectivity index (χ0v) is 12.4. The Labute approximate surface area is 108 Å². The molecule has 1 rings (SSSR count). The fourth-order valence-corrected chi connectivity index (χ4v) is 3.47. The second-order valence-corrected chi connectivity index (χ2v) is 6.15. The standard InChI is InChI=1S/C10H16BrNOS2/c1-7(6-14-3)12-5-8-4-9(11)10(13-2)15-8/h4,7,12H,5-6H2,1-3H3. The number of ether oxygens (including phenoxy) is 1. The van der Waals surface area contributed by atoms with Crippen molar-refractivity contribution in [1.82, 2.24) is 5.32 Å². The summed E-state index contributed by atoms with van der Waals surface area (Å²) in [4.78, 5) is 1.30. The average Bonchev–Trinajstić information content (AvgIpc) is 2.56. The second kappa shape index (κ2) is 6.78. The molecule has 1 heterocycles. The van der Waals surface area contributed by atoms with Crippen LogP contribution in [0.25, 0.3) is 0 Å². The van der Waals surface area contributed by atoms with E-state index in [0.29, 0.717) is 6.04 Å². The largest absolute Gasteiger partial charge is 0.486 e. The summed E-state index contributed by atoms with van der Waals surface area (Å²) in [6.45, 7) is 3.12. The molecule has 1 atom stereocenters. The summed E-state index contributed by atoms with van der Waals surface area (Å²) >= 11 is 7.01. The molecule has 0 spiro atoms. The van der Waals surface area contributed by atoms with Crippen LogP contribution in [-0.2, 0) is 6.54 Å². The minimum Gasteiger partial charge on any atom is -0.486 e. The predicted molar refractivity (Wildman–Crippen MR) is 73.3 cm³/mol. The highest BCUT2D eigenvalue weighted by Gasteiger charge is 2.07. The van der Waals surface area contributed by atoms with E-state index in [9.17, 15) is 0 Å². The molecule has 1 aromatic heterocycles. The van der Waals surface area contributed by atoms with Gasteiger partial charge in [-0.3, -0.25) is 0 Å². The first kappa shape index (κ1) is 13.4. The van der Waals surface area contributed by atoms with Crippen molar-refractivity contribution in [2.45, 2.75) is 19.5 Å². The molecule has 0 aliphatic rings. The van der Waals surface area contributed by atoms with E-state index >= 15 is 0 Å². The van der Waals surface area contributed by atoms with Gasteiger partial charge in [-0.15, -0.1) is 11.3 Å². The Morgan fingerprint density at radius 2 is 2.40 bits per heavy atom. The van der Waals surface area contributed by atoms with E-state index < -0.39 is 0 Å². The monoisotopic (exact) mass is 309 g/mol. The van der Waals surface area contributed by atoms with Crippen LogP contribution in [0, 0.1) is 0 Å². The second-order valence-electron chi connectivity index (χ2n) is 3.29. The molecule has 0 bridgehead atoms. The maximum Gasteiger partial charge on any atom is 0.188 e. The molecule has 0 radical (unpaired) electrons. The molecule has 0 aliphatic carbocycles. The zero-order valence-electron chi connectivity index (χ0n) is 9.17. The van der Waals surface area contributed by atoms with Crippen molar-refractivity contribution in [3.05, 3.63) is 15.4 Å². The molecule has 1 unspecified atom stereocenters. The van der Waals surface area contributed by atoms with Gasteiger partial charge in [-0.2, -0.15) is 11.8 Å². The summed E-state index contributed by atoms with van der Waals surface area (Å²) in [6.07, 6.45) is 2.13. The van der Waals surface area contributed by atoms with Crippen molar-refractivity contribution in [2.24, 2.45) is 0 Å². The molecule has 0 saturated heterocycles. The Bertz CT molecular complexity index is 304. The lowest BCUT2D eigenvalue weighted by Crippen LogP contribution is -2.27. The molecular weight excluding hydrogens is 294 g/mol. The van der Waals surface area contributed by atoms with Crippen molar-refractivity contribution >= 4 is 39.0 Å². The summed E-state index contributed by atoms with van der Waals surface area (Å²) in [5.41, 5.74) is 0. The quantitative estimate of drug-likeness (QED) is 0.870. The molecule has 0 amide bonds. The third-order valence-electron chi connectivity index (χ3n) is 1.93. The first-order valence-corrected chi connectivity index (χ1v) is 7.72. The van der Waals surface area contributed by atoms with Gasteiger partial charge in [0.25, 0.3) is 0 Å². The van der Waals surface area contributed by atoms with Gasteiger partial charge in [0.2, 0.25) is 0 Å². The zero-order chi connectivity index (χ0) is 11.3. The van der Waals surface area contributed by atoms with Crippen molar-refractivity contribution in [3.8, 4) is 5.06 Å². The third kappa shape index (κ3) is 4.34. The van der Waals surface area contributed by atoms with Gasteiger partial charge in [0, 0.05) is 23.2 Å². The number of hydrogen-bond donors (Lipinski definition) is 1. The van der Waals surface area contributed by atoms with Gasteiger partial charge >= 0.3 is 0 Å². The van der Waals surface area contributed by atoms with Crippen LogP contribution in [0.1, 0.15) is 11.8 Å².